The Balaban J connectivity index is 1.39. The van der Waals surface area contributed by atoms with Crippen LogP contribution < -0.4 is 0 Å². The van der Waals surface area contributed by atoms with Gasteiger partial charge in [0.1, 0.15) is 5.82 Å². The number of benzene rings is 8. The smallest absolute Gasteiger partial charge is 0.207 e. The summed E-state index contributed by atoms with van der Waals surface area (Å²) < 4.78 is 55.7. The lowest BCUT2D eigenvalue weighted by Crippen LogP contribution is -2.07. The summed E-state index contributed by atoms with van der Waals surface area (Å²) in [6, 6.07) is 59.3. The van der Waals surface area contributed by atoms with Crippen LogP contribution in [0.15, 0.2) is 182 Å². The number of hydrogen-bond donors (Lipinski definition) is 0. The highest BCUT2D eigenvalue weighted by Gasteiger charge is 2.32. The standard InChI is InChI=1S/C51H36F4/c1-33-18-19-43(31-46(33)51(53,54)55)36-20-24-38(25-21-36)45-32-44(37-12-6-3-7-13-37)49(41-26-22-35(23-27-41)42-28-29-47(52)34(2)30-42)50(40-16-10-5-11-17-40)48(45)39-14-8-4-9-15-39/h3-32H,1-2H3. The minimum atomic E-state index is -4.44. The molecule has 8 rings (SSSR count). The van der Waals surface area contributed by atoms with E-state index in [4.69, 9.17) is 0 Å². The van der Waals surface area contributed by atoms with Gasteiger partial charge in [-0.15, -0.1) is 0 Å². The summed E-state index contributed by atoms with van der Waals surface area (Å²) in [5, 5.41) is 0. The third kappa shape index (κ3) is 7.12. The maximum Gasteiger partial charge on any atom is 0.416 e. The molecule has 0 amide bonds. The third-order valence-corrected chi connectivity index (χ3v) is 10.3. The molecule has 0 N–H and O–H groups in total. The summed E-state index contributed by atoms with van der Waals surface area (Å²) >= 11 is 0. The predicted octanol–water partition coefficient (Wildman–Crippen LogP) is 15.1. The first-order chi connectivity index (χ1) is 26.7. The van der Waals surface area contributed by atoms with Gasteiger partial charge in [0.2, 0.25) is 0 Å². The maximum atomic E-state index is 14.2. The zero-order chi connectivity index (χ0) is 38.1. The average Bonchev–Trinajstić information content (AvgIpc) is 3.22. The average molecular weight is 725 g/mol. The largest absolute Gasteiger partial charge is 0.416 e. The summed E-state index contributed by atoms with van der Waals surface area (Å²) in [5.74, 6) is -0.228. The molecule has 0 bridgehead atoms. The topological polar surface area (TPSA) is 0 Å². The van der Waals surface area contributed by atoms with Crippen LogP contribution in [0.2, 0.25) is 0 Å². The molecule has 0 aliphatic rings. The first-order valence-corrected chi connectivity index (χ1v) is 18.2. The van der Waals surface area contributed by atoms with Crippen molar-refractivity contribution in [2.45, 2.75) is 20.0 Å². The van der Waals surface area contributed by atoms with Crippen molar-refractivity contribution in [3.63, 3.8) is 0 Å². The molecule has 0 heterocycles. The maximum absolute atomic E-state index is 14.2. The van der Waals surface area contributed by atoms with Crippen molar-refractivity contribution >= 4 is 0 Å². The Morgan fingerprint density at radius 1 is 0.327 bits per heavy atom. The van der Waals surface area contributed by atoms with Gasteiger partial charge in [0, 0.05) is 0 Å². The summed E-state index contributed by atoms with van der Waals surface area (Å²) in [6.07, 6.45) is -4.44. The van der Waals surface area contributed by atoms with E-state index in [1.54, 1.807) is 13.0 Å². The molecule has 8 aromatic rings. The van der Waals surface area contributed by atoms with E-state index in [9.17, 15) is 17.6 Å². The van der Waals surface area contributed by atoms with Crippen molar-refractivity contribution in [1.29, 1.82) is 0 Å². The molecular formula is C51H36F4. The lowest BCUT2D eigenvalue weighted by molar-refractivity contribution is -0.138. The quantitative estimate of drug-likeness (QED) is 0.144. The molecular weight excluding hydrogens is 689 g/mol. The molecule has 0 saturated heterocycles. The summed E-state index contributed by atoms with van der Waals surface area (Å²) in [4.78, 5) is 0. The fourth-order valence-electron chi connectivity index (χ4n) is 7.46. The second kappa shape index (κ2) is 14.7. The van der Waals surface area contributed by atoms with Crippen LogP contribution >= 0.6 is 0 Å². The number of alkyl halides is 3. The van der Waals surface area contributed by atoms with E-state index < -0.39 is 11.7 Å². The molecule has 55 heavy (non-hydrogen) atoms. The molecule has 0 unspecified atom stereocenters. The minimum absolute atomic E-state index is 0.197. The molecule has 0 atom stereocenters. The number of rotatable bonds is 7. The second-order valence-corrected chi connectivity index (χ2v) is 13.8. The van der Waals surface area contributed by atoms with Gasteiger partial charge in [-0.2, -0.15) is 13.2 Å². The molecule has 268 valence electrons. The Morgan fingerprint density at radius 3 is 1.22 bits per heavy atom. The third-order valence-electron chi connectivity index (χ3n) is 10.3. The van der Waals surface area contributed by atoms with Gasteiger partial charge < -0.3 is 0 Å². The summed E-state index contributed by atoms with van der Waals surface area (Å²) in [5.41, 5.74) is 13.6. The highest BCUT2D eigenvalue weighted by atomic mass is 19.4. The van der Waals surface area contributed by atoms with E-state index in [1.807, 2.05) is 91.0 Å². The van der Waals surface area contributed by atoms with E-state index in [-0.39, 0.29) is 11.4 Å². The van der Waals surface area contributed by atoms with E-state index >= 15 is 0 Å². The van der Waals surface area contributed by atoms with Gasteiger partial charge in [-0.25, -0.2) is 4.39 Å². The fraction of sp³-hybridized carbons (Fsp3) is 0.0588. The summed E-state index contributed by atoms with van der Waals surface area (Å²) in [7, 11) is 0. The molecule has 0 aliphatic heterocycles. The molecule has 4 heteroatoms. The van der Waals surface area contributed by atoms with Crippen LogP contribution in [0.4, 0.5) is 17.6 Å². The van der Waals surface area contributed by atoms with E-state index in [0.717, 1.165) is 66.8 Å². The van der Waals surface area contributed by atoms with Crippen LogP contribution in [-0.4, -0.2) is 0 Å². The molecule has 8 aromatic carbocycles. The predicted molar refractivity (Wildman–Crippen MR) is 219 cm³/mol. The van der Waals surface area contributed by atoms with Crippen LogP contribution in [0.1, 0.15) is 16.7 Å². The lowest BCUT2D eigenvalue weighted by atomic mass is 9.78. The van der Waals surface area contributed by atoms with Gasteiger partial charge in [-0.1, -0.05) is 158 Å². The first-order valence-electron chi connectivity index (χ1n) is 18.2. The van der Waals surface area contributed by atoms with Gasteiger partial charge in [0.25, 0.3) is 0 Å². The Labute approximate surface area is 319 Å². The van der Waals surface area contributed by atoms with Crippen LogP contribution in [0.5, 0.6) is 0 Å². The zero-order valence-corrected chi connectivity index (χ0v) is 30.3. The van der Waals surface area contributed by atoms with E-state index in [2.05, 4.69) is 66.7 Å². The van der Waals surface area contributed by atoms with Gasteiger partial charge >= 0.3 is 6.18 Å². The molecule has 0 aromatic heterocycles. The van der Waals surface area contributed by atoms with Crippen molar-refractivity contribution in [3.05, 3.63) is 204 Å². The zero-order valence-electron chi connectivity index (χ0n) is 30.3. The molecule has 0 radical (unpaired) electrons. The minimum Gasteiger partial charge on any atom is -0.207 e. The number of hydrogen-bond acceptors (Lipinski definition) is 0. The second-order valence-electron chi connectivity index (χ2n) is 13.8. The lowest BCUT2D eigenvalue weighted by Gasteiger charge is -2.24. The van der Waals surface area contributed by atoms with Crippen LogP contribution in [0, 0.1) is 19.7 Å². The van der Waals surface area contributed by atoms with Crippen LogP contribution in [0.3, 0.4) is 0 Å². The highest BCUT2D eigenvalue weighted by Crippen LogP contribution is 2.50. The Morgan fingerprint density at radius 2 is 0.709 bits per heavy atom. The Bertz CT molecular complexity index is 2610. The van der Waals surface area contributed by atoms with Crippen molar-refractivity contribution in [3.8, 4) is 77.9 Å². The van der Waals surface area contributed by atoms with Gasteiger partial charge in [0.15, 0.2) is 0 Å². The molecule has 0 nitrogen and oxygen atoms in total. The van der Waals surface area contributed by atoms with E-state index in [1.165, 1.54) is 25.1 Å². The highest BCUT2D eigenvalue weighted by molar-refractivity contribution is 6.07. The fourth-order valence-corrected chi connectivity index (χ4v) is 7.46. The normalized spacial score (nSPS) is 11.5. The van der Waals surface area contributed by atoms with Crippen molar-refractivity contribution in [2.24, 2.45) is 0 Å². The number of aryl methyl sites for hydroxylation is 2. The molecule has 0 saturated carbocycles. The molecule has 0 fully saturated rings. The van der Waals surface area contributed by atoms with Gasteiger partial charge in [-0.3, -0.25) is 0 Å². The molecule has 0 aliphatic carbocycles. The van der Waals surface area contributed by atoms with Crippen molar-refractivity contribution in [1.82, 2.24) is 0 Å². The Hall–Kier alpha value is -6.52. The van der Waals surface area contributed by atoms with Gasteiger partial charge in [-0.05, 0) is 127 Å². The van der Waals surface area contributed by atoms with Gasteiger partial charge in [0.05, 0.1) is 5.56 Å². The van der Waals surface area contributed by atoms with Crippen molar-refractivity contribution in [2.75, 3.05) is 0 Å². The first kappa shape index (κ1) is 35.5. The van der Waals surface area contributed by atoms with Crippen LogP contribution in [-0.2, 0) is 6.18 Å². The van der Waals surface area contributed by atoms with E-state index in [0.29, 0.717) is 16.7 Å². The van der Waals surface area contributed by atoms with Crippen LogP contribution in [0.25, 0.3) is 77.9 Å². The number of halogens is 4. The summed E-state index contributed by atoms with van der Waals surface area (Å²) in [6.45, 7) is 3.26. The SMILES string of the molecule is Cc1cc(-c2ccc(-c3c(-c4ccccc4)cc(-c4ccc(-c5ccc(C)c(C(F)(F)F)c5)cc4)c(-c4ccccc4)c3-c3ccccc3)cc2)ccc1F. The molecule has 0 spiro atoms. The monoisotopic (exact) mass is 724 g/mol. The van der Waals surface area contributed by atoms with Crippen molar-refractivity contribution < 1.29 is 17.6 Å². The Kier molecular flexibility index (Phi) is 9.50.